The fraction of sp³-hybridized carbons (Fsp3) is 0.533. The molecule has 0 bridgehead atoms. The highest BCUT2D eigenvalue weighted by molar-refractivity contribution is 6.30. The molecule has 1 aromatic rings. The maximum atomic E-state index is 12.2. The van der Waals surface area contributed by atoms with Crippen LogP contribution < -0.4 is 5.73 Å². The fourth-order valence-corrected chi connectivity index (χ4v) is 3.13. The molecule has 1 saturated heterocycles. The van der Waals surface area contributed by atoms with Crippen molar-refractivity contribution in [2.24, 2.45) is 5.73 Å². The molecule has 0 saturated carbocycles. The van der Waals surface area contributed by atoms with E-state index in [1.54, 1.807) is 0 Å². The third kappa shape index (κ3) is 2.77. The largest absolute Gasteiger partial charge is 0.332 e. The second kappa shape index (κ2) is 5.51. The van der Waals surface area contributed by atoms with Crippen LogP contribution in [0, 0.1) is 6.92 Å². The van der Waals surface area contributed by atoms with E-state index in [1.165, 1.54) is 0 Å². The number of hydrogen-bond donors (Lipinski definition) is 1. The van der Waals surface area contributed by atoms with Crippen molar-refractivity contribution in [3.05, 3.63) is 34.3 Å². The Bertz CT molecular complexity index is 487. The summed E-state index contributed by atoms with van der Waals surface area (Å²) in [6, 6.07) is 5.89. The minimum atomic E-state index is -0.0430. The van der Waals surface area contributed by atoms with Gasteiger partial charge in [-0.15, -0.1) is 0 Å². The number of likely N-dealkylation sites (tertiary alicyclic amines) is 1. The quantitative estimate of drug-likeness (QED) is 0.905. The molecule has 2 unspecified atom stereocenters. The maximum absolute atomic E-state index is 12.2. The van der Waals surface area contributed by atoms with Gasteiger partial charge in [0.15, 0.2) is 0 Å². The molecule has 0 aromatic heterocycles. The molecular weight excluding hydrogens is 260 g/mol. The van der Waals surface area contributed by atoms with Gasteiger partial charge in [0, 0.05) is 23.5 Å². The molecule has 1 fully saturated rings. The van der Waals surface area contributed by atoms with Crippen molar-refractivity contribution in [3.8, 4) is 0 Å². The molecule has 0 spiro atoms. The van der Waals surface area contributed by atoms with Crippen molar-refractivity contribution >= 4 is 17.5 Å². The number of nitrogens with zero attached hydrogens (tertiary/aromatic N) is 1. The Balaban J connectivity index is 2.45. The zero-order chi connectivity index (χ0) is 14.2. The van der Waals surface area contributed by atoms with Crippen LogP contribution in [-0.2, 0) is 4.79 Å². The first-order valence-electron chi connectivity index (χ1n) is 6.74. The van der Waals surface area contributed by atoms with Gasteiger partial charge in [0.2, 0.25) is 5.91 Å². The normalized spacial score (nSPS) is 24.1. The van der Waals surface area contributed by atoms with Gasteiger partial charge in [-0.3, -0.25) is 4.79 Å². The highest BCUT2D eigenvalue weighted by atomic mass is 35.5. The number of piperidine rings is 1. The number of nitrogens with two attached hydrogens (primary N) is 1. The molecule has 2 atom stereocenters. The molecule has 1 aliphatic heterocycles. The molecule has 104 valence electrons. The Hall–Kier alpha value is -1.06. The molecule has 1 heterocycles. The SMILES string of the molecule is Cc1cc(Cl)ccc1C1C(N)CCC(=O)N1C(C)C. The van der Waals surface area contributed by atoms with E-state index in [9.17, 15) is 4.79 Å². The van der Waals surface area contributed by atoms with E-state index < -0.39 is 0 Å². The van der Waals surface area contributed by atoms with Crippen molar-refractivity contribution < 1.29 is 4.79 Å². The van der Waals surface area contributed by atoms with Crippen molar-refractivity contribution in [2.45, 2.75) is 51.7 Å². The first-order chi connectivity index (χ1) is 8.91. The van der Waals surface area contributed by atoms with Crippen molar-refractivity contribution in [2.75, 3.05) is 0 Å². The number of aryl methyl sites for hydroxylation is 1. The van der Waals surface area contributed by atoms with Gasteiger partial charge >= 0.3 is 0 Å². The molecule has 1 aliphatic rings. The van der Waals surface area contributed by atoms with E-state index in [0.717, 1.165) is 17.5 Å². The summed E-state index contributed by atoms with van der Waals surface area (Å²) in [5.74, 6) is 0.191. The minimum absolute atomic E-state index is 0.0139. The monoisotopic (exact) mass is 280 g/mol. The summed E-state index contributed by atoms with van der Waals surface area (Å²) in [5, 5.41) is 0.716. The van der Waals surface area contributed by atoms with E-state index in [4.69, 9.17) is 17.3 Å². The Morgan fingerprint density at radius 1 is 1.42 bits per heavy atom. The van der Waals surface area contributed by atoms with Crippen LogP contribution in [0.25, 0.3) is 0 Å². The van der Waals surface area contributed by atoms with Crippen LogP contribution in [0.15, 0.2) is 18.2 Å². The highest BCUT2D eigenvalue weighted by Crippen LogP contribution is 2.34. The fourth-order valence-electron chi connectivity index (χ4n) is 2.90. The van der Waals surface area contributed by atoms with Crippen LogP contribution in [0.3, 0.4) is 0 Å². The second-order valence-corrected chi connectivity index (χ2v) is 5.98. The zero-order valence-corrected chi connectivity index (χ0v) is 12.4. The molecule has 2 N–H and O–H groups in total. The number of hydrogen-bond acceptors (Lipinski definition) is 2. The van der Waals surface area contributed by atoms with E-state index in [-0.39, 0.29) is 24.0 Å². The molecule has 1 aromatic carbocycles. The molecule has 19 heavy (non-hydrogen) atoms. The van der Waals surface area contributed by atoms with E-state index >= 15 is 0 Å². The molecule has 0 aliphatic carbocycles. The topological polar surface area (TPSA) is 46.3 Å². The maximum Gasteiger partial charge on any atom is 0.223 e. The molecule has 2 rings (SSSR count). The Morgan fingerprint density at radius 2 is 2.11 bits per heavy atom. The van der Waals surface area contributed by atoms with E-state index in [0.29, 0.717) is 11.4 Å². The molecule has 0 radical (unpaired) electrons. The van der Waals surface area contributed by atoms with Crippen LogP contribution in [-0.4, -0.2) is 22.9 Å². The van der Waals surface area contributed by atoms with Crippen LogP contribution in [0.4, 0.5) is 0 Å². The average Bonchev–Trinajstić information content (AvgIpc) is 2.32. The van der Waals surface area contributed by atoms with Crippen LogP contribution >= 0.6 is 11.6 Å². The average molecular weight is 281 g/mol. The third-order valence-electron chi connectivity index (χ3n) is 3.79. The summed E-state index contributed by atoms with van der Waals surface area (Å²) >= 11 is 6.01. The van der Waals surface area contributed by atoms with E-state index in [2.05, 4.69) is 0 Å². The van der Waals surface area contributed by atoms with Gasteiger partial charge in [0.05, 0.1) is 6.04 Å². The molecule has 4 heteroatoms. The number of benzene rings is 1. The zero-order valence-electron chi connectivity index (χ0n) is 11.7. The lowest BCUT2D eigenvalue weighted by Gasteiger charge is -2.43. The van der Waals surface area contributed by atoms with Gasteiger partial charge in [-0.1, -0.05) is 17.7 Å². The lowest BCUT2D eigenvalue weighted by atomic mass is 9.87. The predicted molar refractivity (Wildman–Crippen MR) is 78.1 cm³/mol. The summed E-state index contributed by atoms with van der Waals surface area (Å²) in [6.45, 7) is 6.09. The smallest absolute Gasteiger partial charge is 0.223 e. The first-order valence-corrected chi connectivity index (χ1v) is 7.12. The third-order valence-corrected chi connectivity index (χ3v) is 4.03. The lowest BCUT2D eigenvalue weighted by molar-refractivity contribution is -0.139. The molecule has 1 amide bonds. The number of rotatable bonds is 2. The summed E-state index contributed by atoms with van der Waals surface area (Å²) < 4.78 is 0. The second-order valence-electron chi connectivity index (χ2n) is 5.54. The van der Waals surface area contributed by atoms with Gasteiger partial charge < -0.3 is 10.6 Å². The number of carbonyl (C=O) groups is 1. The summed E-state index contributed by atoms with van der Waals surface area (Å²) in [4.78, 5) is 14.1. The number of halogens is 1. The Morgan fingerprint density at radius 3 is 2.68 bits per heavy atom. The number of carbonyl (C=O) groups excluding carboxylic acids is 1. The van der Waals surface area contributed by atoms with Crippen molar-refractivity contribution in [3.63, 3.8) is 0 Å². The van der Waals surface area contributed by atoms with Crippen LogP contribution in [0.1, 0.15) is 43.9 Å². The van der Waals surface area contributed by atoms with Gasteiger partial charge in [0.1, 0.15) is 0 Å². The first kappa shape index (κ1) is 14.4. The molecule has 3 nitrogen and oxygen atoms in total. The Kier molecular flexibility index (Phi) is 4.16. The van der Waals surface area contributed by atoms with Crippen molar-refractivity contribution in [1.29, 1.82) is 0 Å². The standard InChI is InChI=1S/C15H21ClN2O/c1-9(2)18-14(19)7-6-13(17)15(18)12-5-4-11(16)8-10(12)3/h4-5,8-9,13,15H,6-7,17H2,1-3H3. The highest BCUT2D eigenvalue weighted by Gasteiger charge is 2.36. The van der Waals surface area contributed by atoms with Gasteiger partial charge in [0.25, 0.3) is 0 Å². The minimum Gasteiger partial charge on any atom is -0.332 e. The van der Waals surface area contributed by atoms with Crippen LogP contribution in [0.2, 0.25) is 5.02 Å². The predicted octanol–water partition coefficient (Wildman–Crippen LogP) is 3.05. The summed E-state index contributed by atoms with van der Waals surface area (Å²) in [5.41, 5.74) is 8.48. The van der Waals surface area contributed by atoms with Gasteiger partial charge in [-0.2, -0.15) is 0 Å². The summed E-state index contributed by atoms with van der Waals surface area (Å²) in [7, 11) is 0. The van der Waals surface area contributed by atoms with E-state index in [1.807, 2.05) is 43.9 Å². The van der Waals surface area contributed by atoms with Crippen LogP contribution in [0.5, 0.6) is 0 Å². The Labute approximate surface area is 119 Å². The number of amides is 1. The lowest BCUT2D eigenvalue weighted by Crippen LogP contribution is -2.51. The van der Waals surface area contributed by atoms with Gasteiger partial charge in [-0.05, 0) is 50.5 Å². The van der Waals surface area contributed by atoms with Crippen molar-refractivity contribution in [1.82, 2.24) is 4.90 Å². The molecular formula is C15H21ClN2O. The van der Waals surface area contributed by atoms with Gasteiger partial charge in [-0.25, -0.2) is 0 Å². The summed E-state index contributed by atoms with van der Waals surface area (Å²) in [6.07, 6.45) is 1.29.